The Morgan fingerprint density at radius 3 is 2.81 bits per heavy atom. The highest BCUT2D eigenvalue weighted by Gasteiger charge is 2.02. The minimum absolute atomic E-state index is 0.311. The minimum atomic E-state index is 0.311. The fourth-order valence-electron chi connectivity index (χ4n) is 1.44. The fraction of sp³-hybridized carbons (Fsp3) is 0.273. The van der Waals surface area contributed by atoms with E-state index in [-0.39, 0.29) is 0 Å². The molecule has 2 aromatic heterocycles. The summed E-state index contributed by atoms with van der Waals surface area (Å²) >= 11 is 1.74. The molecule has 0 unspecified atom stereocenters. The molecule has 0 amide bonds. The molecule has 0 aliphatic rings. The van der Waals surface area contributed by atoms with Crippen LogP contribution in [0.5, 0.6) is 0 Å². The lowest BCUT2D eigenvalue weighted by atomic mass is 10.3. The van der Waals surface area contributed by atoms with Crippen LogP contribution in [0, 0.1) is 13.8 Å². The first-order chi connectivity index (χ1) is 7.65. The first-order valence-electron chi connectivity index (χ1n) is 5.03. The number of nitrogen functional groups attached to an aromatic ring is 1. The molecule has 0 fully saturated rings. The van der Waals surface area contributed by atoms with Gasteiger partial charge in [-0.05, 0) is 30.9 Å². The molecule has 16 heavy (non-hydrogen) atoms. The van der Waals surface area contributed by atoms with Crippen molar-refractivity contribution in [3.05, 3.63) is 33.6 Å². The van der Waals surface area contributed by atoms with E-state index in [1.165, 1.54) is 10.4 Å². The molecule has 0 saturated heterocycles. The zero-order valence-corrected chi connectivity index (χ0v) is 10.1. The number of aromatic nitrogens is 2. The summed E-state index contributed by atoms with van der Waals surface area (Å²) in [4.78, 5) is 9.46. The maximum absolute atomic E-state index is 5.58. The smallest absolute Gasteiger partial charge is 0.222 e. The van der Waals surface area contributed by atoms with Crippen LogP contribution in [0.4, 0.5) is 11.8 Å². The summed E-state index contributed by atoms with van der Waals surface area (Å²) in [5, 5.41) is 5.34. The predicted octanol–water partition coefficient (Wildman–Crippen LogP) is 2.35. The van der Waals surface area contributed by atoms with Crippen LogP contribution in [-0.4, -0.2) is 9.97 Å². The molecule has 0 bridgehead atoms. The van der Waals surface area contributed by atoms with E-state index >= 15 is 0 Å². The van der Waals surface area contributed by atoms with Gasteiger partial charge in [0, 0.05) is 16.6 Å². The largest absolute Gasteiger partial charge is 0.368 e. The average Bonchev–Trinajstić information content (AvgIpc) is 2.59. The average molecular weight is 234 g/mol. The van der Waals surface area contributed by atoms with Crippen molar-refractivity contribution in [2.24, 2.45) is 0 Å². The second-order valence-electron chi connectivity index (χ2n) is 3.63. The van der Waals surface area contributed by atoms with Crippen molar-refractivity contribution in [1.82, 2.24) is 9.97 Å². The Labute approximate surface area is 98.6 Å². The van der Waals surface area contributed by atoms with E-state index in [2.05, 4.69) is 33.7 Å². The van der Waals surface area contributed by atoms with Gasteiger partial charge >= 0.3 is 0 Å². The molecule has 0 aromatic carbocycles. The van der Waals surface area contributed by atoms with Crippen molar-refractivity contribution in [2.45, 2.75) is 20.4 Å². The highest BCUT2D eigenvalue weighted by Crippen LogP contribution is 2.17. The number of hydrogen-bond acceptors (Lipinski definition) is 5. The molecule has 84 valence electrons. The third kappa shape index (κ3) is 2.49. The summed E-state index contributed by atoms with van der Waals surface area (Å²) in [6, 6.07) is 4.00. The normalized spacial score (nSPS) is 10.4. The first kappa shape index (κ1) is 10.9. The number of thiophene rings is 1. The van der Waals surface area contributed by atoms with Gasteiger partial charge in [0.15, 0.2) is 0 Å². The van der Waals surface area contributed by atoms with E-state index in [4.69, 9.17) is 5.73 Å². The maximum atomic E-state index is 5.58. The zero-order chi connectivity index (χ0) is 11.5. The summed E-state index contributed by atoms with van der Waals surface area (Å²) < 4.78 is 0. The molecular weight excluding hydrogens is 220 g/mol. The third-order valence-electron chi connectivity index (χ3n) is 2.27. The lowest BCUT2D eigenvalue weighted by Gasteiger charge is -2.06. The quantitative estimate of drug-likeness (QED) is 0.855. The Hall–Kier alpha value is -1.62. The van der Waals surface area contributed by atoms with Crippen molar-refractivity contribution >= 4 is 23.1 Å². The van der Waals surface area contributed by atoms with Gasteiger partial charge in [-0.2, -0.15) is 4.98 Å². The van der Waals surface area contributed by atoms with E-state index in [0.29, 0.717) is 5.95 Å². The number of anilines is 2. The van der Waals surface area contributed by atoms with Crippen LogP contribution in [0.3, 0.4) is 0 Å². The Bertz CT molecular complexity index is 472. The number of nitrogens with two attached hydrogens (primary N) is 1. The minimum Gasteiger partial charge on any atom is -0.368 e. The summed E-state index contributed by atoms with van der Waals surface area (Å²) in [6.07, 6.45) is 0. The van der Waals surface area contributed by atoms with Crippen LogP contribution in [-0.2, 0) is 6.54 Å². The van der Waals surface area contributed by atoms with Gasteiger partial charge in [0.05, 0.1) is 6.54 Å². The number of rotatable bonds is 3. The molecule has 0 aliphatic heterocycles. The summed E-state index contributed by atoms with van der Waals surface area (Å²) in [5.74, 6) is 1.09. The maximum Gasteiger partial charge on any atom is 0.222 e. The van der Waals surface area contributed by atoms with E-state index < -0.39 is 0 Å². The van der Waals surface area contributed by atoms with Crippen LogP contribution in [0.2, 0.25) is 0 Å². The molecule has 0 saturated carbocycles. The van der Waals surface area contributed by atoms with Gasteiger partial charge in [-0.1, -0.05) is 0 Å². The molecule has 2 aromatic rings. The lowest BCUT2D eigenvalue weighted by Crippen LogP contribution is -2.04. The monoisotopic (exact) mass is 234 g/mol. The SMILES string of the molecule is Cc1cc(NCc2sccc2C)nc(N)n1. The lowest BCUT2D eigenvalue weighted by molar-refractivity contribution is 1.07. The number of hydrogen-bond donors (Lipinski definition) is 2. The second-order valence-corrected chi connectivity index (χ2v) is 4.63. The van der Waals surface area contributed by atoms with Crippen molar-refractivity contribution < 1.29 is 0 Å². The van der Waals surface area contributed by atoms with Gasteiger partial charge in [-0.3, -0.25) is 0 Å². The van der Waals surface area contributed by atoms with E-state index in [1.807, 2.05) is 13.0 Å². The first-order valence-corrected chi connectivity index (χ1v) is 5.91. The zero-order valence-electron chi connectivity index (χ0n) is 9.32. The van der Waals surface area contributed by atoms with Crippen molar-refractivity contribution in [1.29, 1.82) is 0 Å². The van der Waals surface area contributed by atoms with Crippen LogP contribution < -0.4 is 11.1 Å². The topological polar surface area (TPSA) is 63.8 Å². The van der Waals surface area contributed by atoms with E-state index in [1.54, 1.807) is 11.3 Å². The summed E-state index contributed by atoms with van der Waals surface area (Å²) in [7, 11) is 0. The van der Waals surface area contributed by atoms with Crippen molar-refractivity contribution in [3.8, 4) is 0 Å². The number of nitrogens with zero attached hydrogens (tertiary/aromatic N) is 2. The van der Waals surface area contributed by atoms with Gasteiger partial charge in [0.25, 0.3) is 0 Å². The van der Waals surface area contributed by atoms with Crippen molar-refractivity contribution in [3.63, 3.8) is 0 Å². The van der Waals surface area contributed by atoms with Crippen LogP contribution in [0.1, 0.15) is 16.1 Å². The number of aryl methyl sites for hydroxylation is 2. The van der Waals surface area contributed by atoms with Gasteiger partial charge in [-0.15, -0.1) is 11.3 Å². The van der Waals surface area contributed by atoms with Gasteiger partial charge in [0.2, 0.25) is 5.95 Å². The predicted molar refractivity (Wildman–Crippen MR) is 67.6 cm³/mol. The molecule has 0 spiro atoms. The molecule has 0 aliphatic carbocycles. The number of nitrogens with one attached hydrogen (secondary N) is 1. The molecule has 2 rings (SSSR count). The second kappa shape index (κ2) is 4.49. The van der Waals surface area contributed by atoms with Gasteiger partial charge in [0.1, 0.15) is 5.82 Å². The third-order valence-corrected chi connectivity index (χ3v) is 3.29. The highest BCUT2D eigenvalue weighted by atomic mass is 32.1. The molecular formula is C11H14N4S. The molecule has 0 atom stereocenters. The van der Waals surface area contributed by atoms with Gasteiger partial charge in [-0.25, -0.2) is 4.98 Å². The molecule has 2 heterocycles. The summed E-state index contributed by atoms with van der Waals surface area (Å²) in [6.45, 7) is 4.78. The Morgan fingerprint density at radius 2 is 2.19 bits per heavy atom. The van der Waals surface area contributed by atoms with Crippen LogP contribution in [0.25, 0.3) is 0 Å². The standard InChI is InChI=1S/C11H14N4S/c1-7-3-4-16-9(7)6-13-10-5-8(2)14-11(12)15-10/h3-5H,6H2,1-2H3,(H3,12,13,14,15). The fourth-order valence-corrected chi connectivity index (χ4v) is 2.28. The van der Waals surface area contributed by atoms with E-state index in [0.717, 1.165) is 18.1 Å². The van der Waals surface area contributed by atoms with Crippen molar-refractivity contribution in [2.75, 3.05) is 11.1 Å². The Kier molecular flexibility index (Phi) is 3.05. The Balaban J connectivity index is 2.07. The van der Waals surface area contributed by atoms with Crippen LogP contribution in [0.15, 0.2) is 17.5 Å². The highest BCUT2D eigenvalue weighted by molar-refractivity contribution is 7.10. The molecule has 4 nitrogen and oxygen atoms in total. The molecule has 0 radical (unpaired) electrons. The van der Waals surface area contributed by atoms with Gasteiger partial charge < -0.3 is 11.1 Å². The molecule has 5 heteroatoms. The Morgan fingerprint density at radius 1 is 1.38 bits per heavy atom. The van der Waals surface area contributed by atoms with E-state index in [9.17, 15) is 0 Å². The van der Waals surface area contributed by atoms with Crippen LogP contribution >= 0.6 is 11.3 Å². The summed E-state index contributed by atoms with van der Waals surface area (Å²) in [5.41, 5.74) is 7.75. The molecule has 3 N–H and O–H groups in total.